The normalized spacial score (nSPS) is 9.81. The van der Waals surface area contributed by atoms with Crippen molar-refractivity contribution in [3.63, 3.8) is 0 Å². The van der Waals surface area contributed by atoms with E-state index in [4.69, 9.17) is 10.00 Å². The third-order valence-electron chi connectivity index (χ3n) is 2.27. The lowest BCUT2D eigenvalue weighted by Gasteiger charge is -2.06. The molecule has 0 aliphatic carbocycles. The third kappa shape index (κ3) is 4.67. The molecule has 1 aromatic carbocycles. The standard InChI is InChI=1S/C13H16BrNO/c1-2-3-4-5-6-16-13-8-11(10-15)7-12(14)9-13/h7-9H,2-6H2,1H3. The van der Waals surface area contributed by atoms with Gasteiger partial charge in [0, 0.05) is 4.47 Å². The topological polar surface area (TPSA) is 33.0 Å². The lowest BCUT2D eigenvalue weighted by atomic mass is 10.2. The van der Waals surface area contributed by atoms with Crippen molar-refractivity contribution >= 4 is 15.9 Å². The fourth-order valence-electron chi connectivity index (χ4n) is 1.43. The van der Waals surface area contributed by atoms with Crippen molar-refractivity contribution in [2.75, 3.05) is 6.61 Å². The summed E-state index contributed by atoms with van der Waals surface area (Å²) in [7, 11) is 0. The Hall–Kier alpha value is -1.01. The van der Waals surface area contributed by atoms with Gasteiger partial charge in [0.15, 0.2) is 0 Å². The van der Waals surface area contributed by atoms with Crippen molar-refractivity contribution in [1.29, 1.82) is 5.26 Å². The highest BCUT2D eigenvalue weighted by atomic mass is 79.9. The minimum absolute atomic E-state index is 0.623. The van der Waals surface area contributed by atoms with Gasteiger partial charge in [0.25, 0.3) is 0 Å². The molecule has 0 saturated heterocycles. The van der Waals surface area contributed by atoms with Crippen LogP contribution in [0.25, 0.3) is 0 Å². The highest BCUT2D eigenvalue weighted by Gasteiger charge is 1.99. The second-order valence-electron chi connectivity index (χ2n) is 3.70. The number of nitrogens with zero attached hydrogens (tertiary/aromatic N) is 1. The molecule has 0 bridgehead atoms. The summed E-state index contributed by atoms with van der Waals surface area (Å²) >= 11 is 3.36. The van der Waals surface area contributed by atoms with Crippen LogP contribution in [0.15, 0.2) is 22.7 Å². The van der Waals surface area contributed by atoms with E-state index in [1.807, 2.05) is 6.07 Å². The van der Waals surface area contributed by atoms with Crippen LogP contribution in [-0.2, 0) is 0 Å². The van der Waals surface area contributed by atoms with Crippen molar-refractivity contribution in [3.8, 4) is 11.8 Å². The van der Waals surface area contributed by atoms with Crippen molar-refractivity contribution < 1.29 is 4.74 Å². The zero-order valence-corrected chi connectivity index (χ0v) is 11.1. The van der Waals surface area contributed by atoms with E-state index in [0.717, 1.165) is 23.2 Å². The van der Waals surface area contributed by atoms with Gasteiger partial charge < -0.3 is 4.74 Å². The van der Waals surface area contributed by atoms with Crippen molar-refractivity contribution in [3.05, 3.63) is 28.2 Å². The first kappa shape index (κ1) is 13.1. The molecule has 0 heterocycles. The quantitative estimate of drug-likeness (QED) is 0.729. The molecule has 86 valence electrons. The molecular weight excluding hydrogens is 266 g/mol. The summed E-state index contributed by atoms with van der Waals surface area (Å²) in [5.74, 6) is 0.766. The van der Waals surface area contributed by atoms with E-state index in [9.17, 15) is 0 Å². The molecule has 0 saturated carbocycles. The number of nitriles is 1. The Labute approximate surface area is 105 Å². The molecule has 1 aromatic rings. The van der Waals surface area contributed by atoms with Crippen LogP contribution < -0.4 is 4.74 Å². The first-order chi connectivity index (χ1) is 7.76. The van der Waals surface area contributed by atoms with Gasteiger partial charge in [-0.05, 0) is 24.6 Å². The summed E-state index contributed by atoms with van der Waals surface area (Å²) in [4.78, 5) is 0. The average molecular weight is 282 g/mol. The smallest absolute Gasteiger partial charge is 0.121 e. The molecule has 0 amide bonds. The highest BCUT2D eigenvalue weighted by molar-refractivity contribution is 9.10. The lowest BCUT2D eigenvalue weighted by Crippen LogP contribution is -1.97. The molecule has 16 heavy (non-hydrogen) atoms. The summed E-state index contributed by atoms with van der Waals surface area (Å²) in [5.41, 5.74) is 0.623. The number of ether oxygens (including phenoxy) is 1. The van der Waals surface area contributed by atoms with E-state index in [2.05, 4.69) is 28.9 Å². The SMILES string of the molecule is CCCCCCOc1cc(Br)cc(C#N)c1. The Kier molecular flexibility index (Phi) is 5.95. The van der Waals surface area contributed by atoms with Crippen LogP contribution in [-0.4, -0.2) is 6.61 Å². The van der Waals surface area contributed by atoms with Crippen LogP contribution in [0.4, 0.5) is 0 Å². The molecule has 0 aromatic heterocycles. The second-order valence-corrected chi connectivity index (χ2v) is 4.61. The lowest BCUT2D eigenvalue weighted by molar-refractivity contribution is 0.305. The van der Waals surface area contributed by atoms with E-state index in [-0.39, 0.29) is 0 Å². The summed E-state index contributed by atoms with van der Waals surface area (Å²) in [6.07, 6.45) is 4.76. The molecule has 2 nitrogen and oxygen atoms in total. The van der Waals surface area contributed by atoms with E-state index in [1.165, 1.54) is 19.3 Å². The van der Waals surface area contributed by atoms with Gasteiger partial charge in [-0.15, -0.1) is 0 Å². The molecule has 0 unspecified atom stereocenters. The summed E-state index contributed by atoms with van der Waals surface area (Å²) in [6, 6.07) is 7.55. The predicted molar refractivity (Wildman–Crippen MR) is 68.5 cm³/mol. The molecule has 0 N–H and O–H groups in total. The van der Waals surface area contributed by atoms with Crippen molar-refractivity contribution in [1.82, 2.24) is 0 Å². The molecule has 0 spiro atoms. The van der Waals surface area contributed by atoms with Crippen LogP contribution in [0.3, 0.4) is 0 Å². The summed E-state index contributed by atoms with van der Waals surface area (Å²) in [6.45, 7) is 2.91. The maximum Gasteiger partial charge on any atom is 0.121 e. The minimum Gasteiger partial charge on any atom is -0.494 e. The third-order valence-corrected chi connectivity index (χ3v) is 2.72. The molecule has 0 aliphatic rings. The van der Waals surface area contributed by atoms with Gasteiger partial charge in [-0.25, -0.2) is 0 Å². The van der Waals surface area contributed by atoms with Crippen molar-refractivity contribution in [2.45, 2.75) is 32.6 Å². The minimum atomic E-state index is 0.623. The first-order valence-electron chi connectivity index (χ1n) is 5.59. The van der Waals surface area contributed by atoms with E-state index in [1.54, 1.807) is 12.1 Å². The zero-order chi connectivity index (χ0) is 11.8. The summed E-state index contributed by atoms with van der Waals surface area (Å²) in [5, 5.41) is 8.80. The van der Waals surface area contributed by atoms with Gasteiger partial charge in [0.05, 0.1) is 18.2 Å². The van der Waals surface area contributed by atoms with Gasteiger partial charge in [-0.1, -0.05) is 42.1 Å². The number of hydrogen-bond acceptors (Lipinski definition) is 2. The molecule has 0 radical (unpaired) electrons. The largest absolute Gasteiger partial charge is 0.494 e. The number of halogens is 1. The average Bonchev–Trinajstić information content (AvgIpc) is 2.28. The fourth-order valence-corrected chi connectivity index (χ4v) is 1.90. The monoisotopic (exact) mass is 281 g/mol. The molecule has 0 fully saturated rings. The van der Waals surface area contributed by atoms with E-state index >= 15 is 0 Å². The molecule has 1 rings (SSSR count). The van der Waals surface area contributed by atoms with Gasteiger partial charge in [-0.2, -0.15) is 5.26 Å². The van der Waals surface area contributed by atoms with Crippen LogP contribution >= 0.6 is 15.9 Å². The Balaban J connectivity index is 2.42. The van der Waals surface area contributed by atoms with Crippen LogP contribution in [0.1, 0.15) is 38.2 Å². The fraction of sp³-hybridized carbons (Fsp3) is 0.462. The number of unbranched alkanes of at least 4 members (excludes halogenated alkanes) is 3. The van der Waals surface area contributed by atoms with Crippen LogP contribution in [0.5, 0.6) is 5.75 Å². The molecule has 3 heteroatoms. The zero-order valence-electron chi connectivity index (χ0n) is 9.50. The first-order valence-corrected chi connectivity index (χ1v) is 6.39. The second kappa shape index (κ2) is 7.29. The van der Waals surface area contributed by atoms with Crippen molar-refractivity contribution in [2.24, 2.45) is 0 Å². The maximum atomic E-state index is 8.80. The van der Waals surface area contributed by atoms with Crippen LogP contribution in [0.2, 0.25) is 0 Å². The Morgan fingerprint density at radius 3 is 2.75 bits per heavy atom. The Morgan fingerprint density at radius 1 is 1.25 bits per heavy atom. The predicted octanol–water partition coefficient (Wildman–Crippen LogP) is 4.28. The van der Waals surface area contributed by atoms with Gasteiger partial charge in [-0.3, -0.25) is 0 Å². The van der Waals surface area contributed by atoms with Gasteiger partial charge in [0.2, 0.25) is 0 Å². The molecule has 0 atom stereocenters. The Bertz CT molecular complexity index is 371. The van der Waals surface area contributed by atoms with Gasteiger partial charge in [0.1, 0.15) is 5.75 Å². The van der Waals surface area contributed by atoms with Crippen LogP contribution in [0, 0.1) is 11.3 Å². The van der Waals surface area contributed by atoms with E-state index in [0.29, 0.717) is 5.56 Å². The number of rotatable bonds is 6. The van der Waals surface area contributed by atoms with Gasteiger partial charge >= 0.3 is 0 Å². The number of benzene rings is 1. The maximum absolute atomic E-state index is 8.80. The molecule has 0 aliphatic heterocycles. The van der Waals surface area contributed by atoms with E-state index < -0.39 is 0 Å². The highest BCUT2D eigenvalue weighted by Crippen LogP contribution is 2.21. The summed E-state index contributed by atoms with van der Waals surface area (Å²) < 4.78 is 6.48. The Morgan fingerprint density at radius 2 is 2.06 bits per heavy atom. The molecular formula is C13H16BrNO. The number of hydrogen-bond donors (Lipinski definition) is 0.